The Balaban J connectivity index is 3.21. The standard InChI is InChI=1S/C7H8Cl2N4/c1-2-11-5-4(3-10)12-7(9)13-6(5)8/h3,10-11H,2H2,1H3. The minimum atomic E-state index is 0.0464. The molecule has 0 unspecified atom stereocenters. The Morgan fingerprint density at radius 1 is 1.46 bits per heavy atom. The Bertz CT molecular complexity index is 327. The number of nitrogens with one attached hydrogen (secondary N) is 2. The van der Waals surface area contributed by atoms with Gasteiger partial charge >= 0.3 is 0 Å². The van der Waals surface area contributed by atoms with Crippen molar-refractivity contribution in [2.45, 2.75) is 6.92 Å². The lowest BCUT2D eigenvalue weighted by Crippen LogP contribution is -2.05. The van der Waals surface area contributed by atoms with Crippen LogP contribution in [0.25, 0.3) is 0 Å². The summed E-state index contributed by atoms with van der Waals surface area (Å²) in [7, 11) is 0. The lowest BCUT2D eigenvalue weighted by Gasteiger charge is -2.07. The lowest BCUT2D eigenvalue weighted by molar-refractivity contribution is 1.12. The molecular formula is C7H8Cl2N4. The molecule has 0 aliphatic carbocycles. The summed E-state index contributed by atoms with van der Waals surface area (Å²) >= 11 is 11.4. The highest BCUT2D eigenvalue weighted by molar-refractivity contribution is 6.34. The van der Waals surface area contributed by atoms with Crippen molar-refractivity contribution in [1.82, 2.24) is 9.97 Å². The summed E-state index contributed by atoms with van der Waals surface area (Å²) in [6, 6.07) is 0. The Hall–Kier alpha value is -0.870. The lowest BCUT2D eigenvalue weighted by atomic mass is 10.3. The zero-order chi connectivity index (χ0) is 9.84. The van der Waals surface area contributed by atoms with Crippen LogP contribution in [-0.4, -0.2) is 22.7 Å². The molecule has 0 aliphatic heterocycles. The molecule has 70 valence electrons. The van der Waals surface area contributed by atoms with Gasteiger partial charge in [0.1, 0.15) is 5.69 Å². The molecule has 4 nitrogen and oxygen atoms in total. The summed E-state index contributed by atoms with van der Waals surface area (Å²) in [4.78, 5) is 7.59. The third kappa shape index (κ3) is 2.29. The normalized spacial score (nSPS) is 9.77. The van der Waals surface area contributed by atoms with Gasteiger partial charge in [0.25, 0.3) is 0 Å². The second-order valence-corrected chi connectivity index (χ2v) is 2.91. The molecule has 1 aromatic rings. The van der Waals surface area contributed by atoms with Crippen LogP contribution in [0.2, 0.25) is 10.4 Å². The number of aromatic nitrogens is 2. The molecule has 0 fully saturated rings. The van der Waals surface area contributed by atoms with Crippen LogP contribution >= 0.6 is 23.2 Å². The van der Waals surface area contributed by atoms with E-state index in [0.717, 1.165) is 6.21 Å². The molecule has 0 aromatic carbocycles. The Morgan fingerprint density at radius 3 is 2.69 bits per heavy atom. The quantitative estimate of drug-likeness (QED) is 0.465. The topological polar surface area (TPSA) is 61.7 Å². The highest BCUT2D eigenvalue weighted by atomic mass is 35.5. The molecule has 1 aromatic heterocycles. The van der Waals surface area contributed by atoms with Crippen molar-refractivity contribution in [2.75, 3.05) is 11.9 Å². The first-order valence-electron chi connectivity index (χ1n) is 3.66. The third-order valence-corrected chi connectivity index (χ3v) is 1.80. The van der Waals surface area contributed by atoms with E-state index in [1.54, 1.807) is 0 Å². The predicted molar refractivity (Wildman–Crippen MR) is 54.1 cm³/mol. The van der Waals surface area contributed by atoms with Gasteiger partial charge in [0.15, 0.2) is 5.15 Å². The fourth-order valence-corrected chi connectivity index (χ4v) is 1.33. The van der Waals surface area contributed by atoms with Gasteiger partial charge in [0.2, 0.25) is 5.28 Å². The summed E-state index contributed by atoms with van der Waals surface area (Å²) in [6.45, 7) is 2.60. The van der Waals surface area contributed by atoms with Gasteiger partial charge in [0.05, 0.1) is 5.69 Å². The number of halogens is 2. The van der Waals surface area contributed by atoms with Crippen molar-refractivity contribution in [2.24, 2.45) is 0 Å². The highest BCUT2D eigenvalue weighted by Crippen LogP contribution is 2.22. The zero-order valence-corrected chi connectivity index (χ0v) is 8.45. The van der Waals surface area contributed by atoms with Gasteiger partial charge < -0.3 is 10.7 Å². The predicted octanol–water partition coefficient (Wildman–Crippen LogP) is 2.21. The fourth-order valence-electron chi connectivity index (χ4n) is 0.868. The average molecular weight is 219 g/mol. The van der Waals surface area contributed by atoms with Crippen molar-refractivity contribution in [3.05, 3.63) is 16.1 Å². The number of anilines is 1. The molecule has 0 atom stereocenters. The number of nitrogens with zero attached hydrogens (tertiary/aromatic N) is 2. The summed E-state index contributed by atoms with van der Waals surface area (Å²) in [6.07, 6.45) is 1.08. The Labute approximate surface area is 85.8 Å². The van der Waals surface area contributed by atoms with Gasteiger partial charge in [-0.2, -0.15) is 0 Å². The summed E-state index contributed by atoms with van der Waals surface area (Å²) in [5.41, 5.74) is 0.940. The molecule has 0 radical (unpaired) electrons. The maximum Gasteiger partial charge on any atom is 0.224 e. The highest BCUT2D eigenvalue weighted by Gasteiger charge is 2.08. The smallest absolute Gasteiger partial charge is 0.224 e. The van der Waals surface area contributed by atoms with Gasteiger partial charge in [0, 0.05) is 12.8 Å². The molecular weight excluding hydrogens is 211 g/mol. The van der Waals surface area contributed by atoms with Crippen LogP contribution in [0, 0.1) is 5.41 Å². The van der Waals surface area contributed by atoms with Gasteiger partial charge in [-0.3, -0.25) is 0 Å². The SMILES string of the molecule is CCNc1c(Cl)nc(Cl)nc1C=N. The number of hydrogen-bond donors (Lipinski definition) is 2. The largest absolute Gasteiger partial charge is 0.381 e. The van der Waals surface area contributed by atoms with E-state index < -0.39 is 0 Å². The molecule has 0 amide bonds. The van der Waals surface area contributed by atoms with Crippen LogP contribution < -0.4 is 5.32 Å². The van der Waals surface area contributed by atoms with E-state index >= 15 is 0 Å². The second kappa shape index (κ2) is 4.39. The Kier molecular flexibility index (Phi) is 3.45. The van der Waals surface area contributed by atoms with Crippen LogP contribution in [0.5, 0.6) is 0 Å². The van der Waals surface area contributed by atoms with Crippen molar-refractivity contribution in [3.63, 3.8) is 0 Å². The van der Waals surface area contributed by atoms with Crippen LogP contribution in [0.15, 0.2) is 0 Å². The first-order chi connectivity index (χ1) is 6.19. The molecule has 6 heteroatoms. The molecule has 0 bridgehead atoms. The van der Waals surface area contributed by atoms with Crippen LogP contribution in [-0.2, 0) is 0 Å². The minimum Gasteiger partial charge on any atom is -0.381 e. The molecule has 2 N–H and O–H groups in total. The van der Waals surface area contributed by atoms with E-state index in [0.29, 0.717) is 17.9 Å². The van der Waals surface area contributed by atoms with Crippen molar-refractivity contribution in [1.29, 1.82) is 5.41 Å². The first kappa shape index (κ1) is 10.2. The maximum absolute atomic E-state index is 7.08. The van der Waals surface area contributed by atoms with Gasteiger partial charge in [-0.1, -0.05) is 11.6 Å². The van der Waals surface area contributed by atoms with E-state index in [1.165, 1.54) is 0 Å². The summed E-state index contributed by atoms with van der Waals surface area (Å²) in [5.74, 6) is 0. The van der Waals surface area contributed by atoms with Crippen LogP contribution in [0.3, 0.4) is 0 Å². The van der Waals surface area contributed by atoms with E-state index in [4.69, 9.17) is 28.6 Å². The average Bonchev–Trinajstić information content (AvgIpc) is 2.09. The summed E-state index contributed by atoms with van der Waals surface area (Å²) < 4.78 is 0. The van der Waals surface area contributed by atoms with Crippen molar-refractivity contribution < 1.29 is 0 Å². The third-order valence-electron chi connectivity index (χ3n) is 1.36. The molecule has 0 spiro atoms. The maximum atomic E-state index is 7.08. The van der Waals surface area contributed by atoms with Crippen LogP contribution in [0.4, 0.5) is 5.69 Å². The van der Waals surface area contributed by atoms with Crippen molar-refractivity contribution in [3.8, 4) is 0 Å². The van der Waals surface area contributed by atoms with Gasteiger partial charge in [-0.05, 0) is 18.5 Å². The minimum absolute atomic E-state index is 0.0464. The monoisotopic (exact) mass is 218 g/mol. The molecule has 0 saturated carbocycles. The van der Waals surface area contributed by atoms with E-state index in [1.807, 2.05) is 6.92 Å². The Morgan fingerprint density at radius 2 is 2.15 bits per heavy atom. The molecule has 0 saturated heterocycles. The number of rotatable bonds is 3. The molecule has 1 heterocycles. The van der Waals surface area contributed by atoms with E-state index in [-0.39, 0.29) is 10.4 Å². The van der Waals surface area contributed by atoms with Gasteiger partial charge in [-0.25, -0.2) is 9.97 Å². The van der Waals surface area contributed by atoms with Crippen LogP contribution in [0.1, 0.15) is 12.6 Å². The summed E-state index contributed by atoms with van der Waals surface area (Å²) in [5, 5.41) is 10.3. The van der Waals surface area contributed by atoms with Crippen molar-refractivity contribution >= 4 is 35.1 Å². The number of hydrogen-bond acceptors (Lipinski definition) is 4. The molecule has 0 aliphatic rings. The second-order valence-electron chi connectivity index (χ2n) is 2.22. The van der Waals surface area contributed by atoms with Gasteiger partial charge in [-0.15, -0.1) is 0 Å². The first-order valence-corrected chi connectivity index (χ1v) is 4.42. The van der Waals surface area contributed by atoms with E-state index in [2.05, 4.69) is 15.3 Å². The molecule has 13 heavy (non-hydrogen) atoms. The zero-order valence-electron chi connectivity index (χ0n) is 6.93. The fraction of sp³-hybridized carbons (Fsp3) is 0.286. The van der Waals surface area contributed by atoms with E-state index in [9.17, 15) is 0 Å². The molecule has 1 rings (SSSR count).